The Balaban J connectivity index is 2.19. The van der Waals surface area contributed by atoms with E-state index in [0.29, 0.717) is 0 Å². The van der Waals surface area contributed by atoms with Crippen LogP contribution in [0.5, 0.6) is 0 Å². The van der Waals surface area contributed by atoms with Crippen molar-refractivity contribution >= 4 is 18.0 Å². The van der Waals surface area contributed by atoms with Gasteiger partial charge in [-0.3, -0.25) is 4.79 Å². The minimum Gasteiger partial charge on any atom is -0.481 e. The van der Waals surface area contributed by atoms with Crippen molar-refractivity contribution in [1.29, 1.82) is 0 Å². The number of aliphatic hydroxyl groups excluding tert-OH is 2. The lowest BCUT2D eigenvalue weighted by Gasteiger charge is -2.45. The fourth-order valence-corrected chi connectivity index (χ4v) is 3.01. The van der Waals surface area contributed by atoms with Crippen LogP contribution in [0.15, 0.2) is 4.42 Å². The minimum absolute atomic E-state index is 0.0359. The molecule has 13 nitrogen and oxygen atoms in total. The third-order valence-electron chi connectivity index (χ3n) is 4.53. The summed E-state index contributed by atoms with van der Waals surface area (Å²) in [7, 11) is 0. The zero-order chi connectivity index (χ0) is 21.1. The van der Waals surface area contributed by atoms with Crippen LogP contribution in [0.1, 0.15) is 44.0 Å². The van der Waals surface area contributed by atoms with Crippen LogP contribution in [-0.2, 0) is 15.1 Å². The van der Waals surface area contributed by atoms with E-state index in [1.54, 1.807) is 0 Å². The van der Waals surface area contributed by atoms with Gasteiger partial charge in [-0.15, -0.1) is 10.2 Å². The Labute approximate surface area is 158 Å². The molecule has 0 spiro atoms. The Morgan fingerprint density at radius 3 is 2.46 bits per heavy atom. The first-order valence-electron chi connectivity index (χ1n) is 8.49. The molecule has 1 fully saturated rings. The molecule has 8 N–H and O–H groups in total. The van der Waals surface area contributed by atoms with Crippen LogP contribution in [0.2, 0.25) is 0 Å². The van der Waals surface area contributed by atoms with Gasteiger partial charge in [-0.25, -0.2) is 9.59 Å². The molecule has 0 unspecified atom stereocenters. The van der Waals surface area contributed by atoms with Crippen LogP contribution < -0.4 is 16.4 Å². The summed E-state index contributed by atoms with van der Waals surface area (Å²) in [5.74, 6) is -2.80. The molecule has 13 heteroatoms. The zero-order valence-corrected chi connectivity index (χ0v) is 15.0. The van der Waals surface area contributed by atoms with E-state index in [1.807, 2.05) is 0 Å². The average molecular weight is 401 g/mol. The summed E-state index contributed by atoms with van der Waals surface area (Å²) in [6.07, 6.45) is -0.778. The van der Waals surface area contributed by atoms with Crippen LogP contribution in [0, 0.1) is 5.92 Å². The molecule has 2 amide bonds. The van der Waals surface area contributed by atoms with Gasteiger partial charge in [0, 0.05) is 6.42 Å². The first-order chi connectivity index (χ1) is 13.1. The van der Waals surface area contributed by atoms with Crippen molar-refractivity contribution in [3.63, 3.8) is 0 Å². The summed E-state index contributed by atoms with van der Waals surface area (Å²) in [5.41, 5.74) is 4.53. The molecule has 1 aromatic heterocycles. The van der Waals surface area contributed by atoms with E-state index in [1.165, 1.54) is 6.92 Å². The lowest BCUT2D eigenvalue weighted by atomic mass is 9.66. The Hall–Kier alpha value is -2.77. The number of aromatic nitrogens is 2. The highest BCUT2D eigenvalue weighted by atomic mass is 16.4. The standard InChI is InChI=1S/C15H23N5O8/c1-6(22)10(16)11-19-20-13(28-11)15(3-7(4-15)2-9(23)24)18-14(27)17-8(5-21)12(25)26/h6-8,10,21-22H,2-5,16H2,1H3,(H,23,24)(H,25,26)(H2,17,18,27)/t6-,7?,8-,10-,15?/m0/s1. The maximum atomic E-state index is 12.2. The van der Waals surface area contributed by atoms with Crippen molar-refractivity contribution in [2.45, 2.75) is 49.9 Å². The number of amides is 2. The minimum atomic E-state index is -1.52. The Bertz CT molecular complexity index is 730. The second-order valence-corrected chi connectivity index (χ2v) is 6.84. The molecule has 0 aliphatic heterocycles. The Kier molecular flexibility index (Phi) is 6.53. The third kappa shape index (κ3) is 4.74. The number of nitrogens with two attached hydrogens (primary N) is 1. The molecule has 1 aromatic rings. The number of carbonyl (C=O) groups excluding carboxylic acids is 1. The number of aliphatic hydroxyl groups is 2. The highest BCUT2D eigenvalue weighted by Gasteiger charge is 2.51. The summed E-state index contributed by atoms with van der Waals surface area (Å²) >= 11 is 0. The lowest BCUT2D eigenvalue weighted by Crippen LogP contribution is -2.59. The van der Waals surface area contributed by atoms with Gasteiger partial charge in [0.05, 0.1) is 12.7 Å². The second-order valence-electron chi connectivity index (χ2n) is 6.84. The third-order valence-corrected chi connectivity index (χ3v) is 4.53. The largest absolute Gasteiger partial charge is 0.481 e. The molecule has 3 atom stereocenters. The van der Waals surface area contributed by atoms with Gasteiger partial charge < -0.3 is 41.2 Å². The summed E-state index contributed by atoms with van der Waals surface area (Å²) in [4.78, 5) is 34.1. The summed E-state index contributed by atoms with van der Waals surface area (Å²) in [6, 6.07) is -3.38. The van der Waals surface area contributed by atoms with Crippen molar-refractivity contribution in [3.8, 4) is 0 Å². The Morgan fingerprint density at radius 1 is 1.32 bits per heavy atom. The Morgan fingerprint density at radius 2 is 1.96 bits per heavy atom. The number of carboxylic acids is 2. The van der Waals surface area contributed by atoms with Crippen LogP contribution in [-0.4, -0.2) is 67.3 Å². The molecule has 0 aromatic carbocycles. The lowest BCUT2D eigenvalue weighted by molar-refractivity contribution is -0.141. The smallest absolute Gasteiger partial charge is 0.328 e. The SMILES string of the molecule is C[C@H](O)[C@H](N)c1nnc(C2(NC(=O)N[C@@H](CO)C(=O)O)CC(CC(=O)O)C2)o1. The molecule has 1 aliphatic rings. The van der Waals surface area contributed by atoms with E-state index in [0.717, 1.165) is 0 Å². The van der Waals surface area contributed by atoms with E-state index in [4.69, 9.17) is 25.5 Å². The number of hydrogen-bond acceptors (Lipinski definition) is 9. The molecule has 156 valence electrons. The number of nitrogens with zero attached hydrogens (tertiary/aromatic N) is 2. The van der Waals surface area contributed by atoms with E-state index >= 15 is 0 Å². The van der Waals surface area contributed by atoms with E-state index in [-0.39, 0.29) is 37.0 Å². The fraction of sp³-hybridized carbons (Fsp3) is 0.667. The van der Waals surface area contributed by atoms with Crippen molar-refractivity contribution in [2.24, 2.45) is 11.7 Å². The monoisotopic (exact) mass is 401 g/mol. The van der Waals surface area contributed by atoms with E-state index < -0.39 is 48.3 Å². The van der Waals surface area contributed by atoms with Gasteiger partial charge in [0.25, 0.3) is 0 Å². The van der Waals surface area contributed by atoms with E-state index in [2.05, 4.69) is 20.8 Å². The van der Waals surface area contributed by atoms with Crippen molar-refractivity contribution in [2.75, 3.05) is 6.61 Å². The second kappa shape index (κ2) is 8.50. The summed E-state index contributed by atoms with van der Waals surface area (Å²) in [5, 5.41) is 48.7. The number of carboxylic acid groups (broad SMARTS) is 2. The fourth-order valence-electron chi connectivity index (χ4n) is 3.01. The maximum Gasteiger partial charge on any atom is 0.328 e. The van der Waals surface area contributed by atoms with Crippen LogP contribution in [0.25, 0.3) is 0 Å². The van der Waals surface area contributed by atoms with Gasteiger partial charge in [0.1, 0.15) is 11.6 Å². The van der Waals surface area contributed by atoms with Gasteiger partial charge in [0.15, 0.2) is 6.04 Å². The number of urea groups is 1. The average Bonchev–Trinajstić information content (AvgIpc) is 3.06. The molecule has 1 saturated carbocycles. The van der Waals surface area contributed by atoms with Crippen molar-refractivity contribution < 1.29 is 39.2 Å². The van der Waals surface area contributed by atoms with Gasteiger partial charge in [0.2, 0.25) is 11.8 Å². The predicted octanol–water partition coefficient (Wildman–Crippen LogP) is -1.73. The first-order valence-corrected chi connectivity index (χ1v) is 8.49. The highest BCUT2D eigenvalue weighted by molar-refractivity contribution is 5.83. The number of nitrogens with one attached hydrogen (secondary N) is 2. The van der Waals surface area contributed by atoms with Crippen LogP contribution in [0.3, 0.4) is 0 Å². The van der Waals surface area contributed by atoms with Crippen LogP contribution in [0.4, 0.5) is 4.79 Å². The molecule has 1 aliphatic carbocycles. The van der Waals surface area contributed by atoms with Crippen molar-refractivity contribution in [1.82, 2.24) is 20.8 Å². The van der Waals surface area contributed by atoms with Gasteiger partial charge in [-0.05, 0) is 25.7 Å². The number of hydrogen-bond donors (Lipinski definition) is 7. The molecule has 28 heavy (non-hydrogen) atoms. The van der Waals surface area contributed by atoms with E-state index in [9.17, 15) is 19.5 Å². The molecule has 0 saturated heterocycles. The number of aliphatic carboxylic acids is 2. The van der Waals surface area contributed by atoms with Gasteiger partial charge >= 0.3 is 18.0 Å². The van der Waals surface area contributed by atoms with Gasteiger partial charge in [-0.1, -0.05) is 0 Å². The summed E-state index contributed by atoms with van der Waals surface area (Å²) < 4.78 is 5.48. The molecule has 2 rings (SSSR count). The zero-order valence-electron chi connectivity index (χ0n) is 15.0. The van der Waals surface area contributed by atoms with Crippen molar-refractivity contribution in [3.05, 3.63) is 11.8 Å². The first kappa shape index (κ1) is 21.5. The van der Waals surface area contributed by atoms with Crippen LogP contribution >= 0.6 is 0 Å². The maximum absolute atomic E-state index is 12.2. The predicted molar refractivity (Wildman–Crippen MR) is 89.7 cm³/mol. The summed E-state index contributed by atoms with van der Waals surface area (Å²) in [6.45, 7) is 0.620. The molecular formula is C15H23N5O8. The molecule has 1 heterocycles. The number of carbonyl (C=O) groups is 3. The molecular weight excluding hydrogens is 378 g/mol. The normalized spacial score (nSPS) is 24.5. The molecule has 0 radical (unpaired) electrons. The molecule has 0 bridgehead atoms. The topological polar surface area (TPSA) is 221 Å². The quantitative estimate of drug-likeness (QED) is 0.246. The number of rotatable bonds is 9. The highest BCUT2D eigenvalue weighted by Crippen LogP contribution is 2.47. The van der Waals surface area contributed by atoms with Gasteiger partial charge in [-0.2, -0.15) is 0 Å².